The highest BCUT2D eigenvalue weighted by molar-refractivity contribution is 5.56. The van der Waals surface area contributed by atoms with Crippen molar-refractivity contribution in [1.82, 2.24) is 4.90 Å². The van der Waals surface area contributed by atoms with Gasteiger partial charge in [-0.05, 0) is 5.56 Å². The average molecular weight is 203 g/mol. The fraction of sp³-hybridized carbons (Fsp3) is 0.417. The van der Waals surface area contributed by atoms with Crippen LogP contribution in [0.1, 0.15) is 12.5 Å². The SMILES string of the molecule is CC1CN(Cc2ccccc2)C=NC1N. The fourth-order valence-corrected chi connectivity index (χ4v) is 1.77. The van der Waals surface area contributed by atoms with Gasteiger partial charge < -0.3 is 10.6 Å². The van der Waals surface area contributed by atoms with Crippen molar-refractivity contribution in [3.05, 3.63) is 35.9 Å². The highest BCUT2D eigenvalue weighted by Crippen LogP contribution is 2.12. The molecule has 1 aromatic carbocycles. The third-order valence-electron chi connectivity index (χ3n) is 2.74. The van der Waals surface area contributed by atoms with E-state index in [1.807, 2.05) is 12.4 Å². The molecule has 0 fully saturated rings. The second kappa shape index (κ2) is 4.45. The molecule has 2 unspecified atom stereocenters. The van der Waals surface area contributed by atoms with Gasteiger partial charge in [-0.2, -0.15) is 0 Å². The van der Waals surface area contributed by atoms with Crippen molar-refractivity contribution < 1.29 is 0 Å². The molecule has 1 aliphatic heterocycles. The lowest BCUT2D eigenvalue weighted by atomic mass is 10.1. The van der Waals surface area contributed by atoms with Gasteiger partial charge >= 0.3 is 0 Å². The van der Waals surface area contributed by atoms with E-state index in [4.69, 9.17) is 5.73 Å². The monoisotopic (exact) mass is 203 g/mol. The first kappa shape index (κ1) is 10.2. The number of nitrogens with zero attached hydrogens (tertiary/aromatic N) is 2. The molecule has 1 aromatic rings. The highest BCUT2D eigenvalue weighted by atomic mass is 15.2. The zero-order chi connectivity index (χ0) is 10.7. The van der Waals surface area contributed by atoms with Gasteiger partial charge in [-0.1, -0.05) is 37.3 Å². The van der Waals surface area contributed by atoms with Gasteiger partial charge in [-0.3, -0.25) is 4.99 Å². The van der Waals surface area contributed by atoms with Gasteiger partial charge in [0.15, 0.2) is 0 Å². The van der Waals surface area contributed by atoms with Crippen LogP contribution in [-0.2, 0) is 6.54 Å². The molecule has 0 bridgehead atoms. The minimum absolute atomic E-state index is 0.0305. The Morgan fingerprint density at radius 2 is 2.13 bits per heavy atom. The molecule has 0 saturated carbocycles. The van der Waals surface area contributed by atoms with Crippen LogP contribution in [0.5, 0.6) is 0 Å². The minimum atomic E-state index is -0.0305. The first-order valence-corrected chi connectivity index (χ1v) is 5.32. The van der Waals surface area contributed by atoms with E-state index in [2.05, 4.69) is 41.1 Å². The summed E-state index contributed by atoms with van der Waals surface area (Å²) in [6, 6.07) is 10.4. The summed E-state index contributed by atoms with van der Waals surface area (Å²) in [6.45, 7) is 4.04. The Kier molecular flexibility index (Phi) is 3.02. The molecule has 0 aromatic heterocycles. The molecule has 1 heterocycles. The first-order chi connectivity index (χ1) is 7.25. The van der Waals surface area contributed by atoms with Gasteiger partial charge in [0.05, 0.1) is 6.34 Å². The molecular formula is C12H17N3. The van der Waals surface area contributed by atoms with Gasteiger partial charge in [-0.25, -0.2) is 0 Å². The van der Waals surface area contributed by atoms with Crippen molar-refractivity contribution in [1.29, 1.82) is 0 Å². The van der Waals surface area contributed by atoms with Crippen LogP contribution in [0.4, 0.5) is 0 Å². The van der Waals surface area contributed by atoms with Crippen LogP contribution in [-0.4, -0.2) is 23.9 Å². The van der Waals surface area contributed by atoms with Crippen LogP contribution >= 0.6 is 0 Å². The Labute approximate surface area is 90.6 Å². The summed E-state index contributed by atoms with van der Waals surface area (Å²) in [4.78, 5) is 6.48. The third kappa shape index (κ3) is 2.57. The van der Waals surface area contributed by atoms with E-state index >= 15 is 0 Å². The molecule has 0 saturated heterocycles. The smallest absolute Gasteiger partial charge is 0.103 e. The summed E-state index contributed by atoms with van der Waals surface area (Å²) in [5.41, 5.74) is 7.12. The molecule has 0 aliphatic carbocycles. The molecule has 2 atom stereocenters. The number of hydrogen-bond acceptors (Lipinski definition) is 3. The van der Waals surface area contributed by atoms with Crippen LogP contribution in [0, 0.1) is 5.92 Å². The van der Waals surface area contributed by atoms with Crippen molar-refractivity contribution in [3.63, 3.8) is 0 Å². The van der Waals surface area contributed by atoms with Gasteiger partial charge in [0.25, 0.3) is 0 Å². The quantitative estimate of drug-likeness (QED) is 0.790. The van der Waals surface area contributed by atoms with E-state index in [9.17, 15) is 0 Å². The van der Waals surface area contributed by atoms with E-state index in [-0.39, 0.29) is 6.17 Å². The lowest BCUT2D eigenvalue weighted by Crippen LogP contribution is -2.41. The van der Waals surface area contributed by atoms with Gasteiger partial charge in [0.2, 0.25) is 0 Å². The molecule has 15 heavy (non-hydrogen) atoms. The van der Waals surface area contributed by atoms with E-state index in [1.165, 1.54) is 5.56 Å². The Morgan fingerprint density at radius 3 is 2.80 bits per heavy atom. The Hall–Kier alpha value is -1.35. The van der Waals surface area contributed by atoms with Gasteiger partial charge in [0.1, 0.15) is 6.17 Å². The lowest BCUT2D eigenvalue weighted by Gasteiger charge is -2.30. The molecule has 3 nitrogen and oxygen atoms in total. The molecule has 2 rings (SSSR count). The predicted octanol–water partition coefficient (Wildman–Crippen LogP) is 1.45. The topological polar surface area (TPSA) is 41.6 Å². The molecule has 2 N–H and O–H groups in total. The van der Waals surface area contributed by atoms with Crippen LogP contribution in [0.3, 0.4) is 0 Å². The van der Waals surface area contributed by atoms with Crippen molar-refractivity contribution >= 4 is 6.34 Å². The van der Waals surface area contributed by atoms with Crippen LogP contribution in [0.15, 0.2) is 35.3 Å². The Morgan fingerprint density at radius 1 is 1.40 bits per heavy atom. The average Bonchev–Trinajstić information content (AvgIpc) is 2.25. The Bertz CT molecular complexity index is 334. The predicted molar refractivity (Wildman–Crippen MR) is 62.5 cm³/mol. The van der Waals surface area contributed by atoms with Crippen LogP contribution < -0.4 is 5.73 Å². The summed E-state index contributed by atoms with van der Waals surface area (Å²) in [5.74, 6) is 0.429. The number of nitrogens with two attached hydrogens (primary N) is 1. The number of hydrogen-bond donors (Lipinski definition) is 1. The first-order valence-electron chi connectivity index (χ1n) is 5.32. The number of benzene rings is 1. The molecule has 0 amide bonds. The molecule has 0 spiro atoms. The van der Waals surface area contributed by atoms with Crippen molar-refractivity contribution in [2.45, 2.75) is 19.6 Å². The summed E-state index contributed by atoms with van der Waals surface area (Å²) in [5, 5.41) is 0. The zero-order valence-corrected chi connectivity index (χ0v) is 9.00. The van der Waals surface area contributed by atoms with E-state index in [0.29, 0.717) is 5.92 Å². The molecule has 80 valence electrons. The maximum absolute atomic E-state index is 5.81. The van der Waals surface area contributed by atoms with E-state index in [1.54, 1.807) is 0 Å². The Balaban J connectivity index is 1.99. The fourth-order valence-electron chi connectivity index (χ4n) is 1.77. The summed E-state index contributed by atoms with van der Waals surface area (Å²) in [6.07, 6.45) is 1.84. The minimum Gasteiger partial charge on any atom is -0.358 e. The molecule has 1 aliphatic rings. The normalized spacial score (nSPS) is 25.6. The second-order valence-electron chi connectivity index (χ2n) is 4.15. The largest absolute Gasteiger partial charge is 0.358 e. The van der Waals surface area contributed by atoms with Gasteiger partial charge in [-0.15, -0.1) is 0 Å². The van der Waals surface area contributed by atoms with Gasteiger partial charge in [0, 0.05) is 19.0 Å². The maximum atomic E-state index is 5.81. The third-order valence-corrected chi connectivity index (χ3v) is 2.74. The highest BCUT2D eigenvalue weighted by Gasteiger charge is 2.18. The van der Waals surface area contributed by atoms with Crippen molar-refractivity contribution in [3.8, 4) is 0 Å². The van der Waals surface area contributed by atoms with Crippen LogP contribution in [0.2, 0.25) is 0 Å². The summed E-state index contributed by atoms with van der Waals surface area (Å²) >= 11 is 0. The zero-order valence-electron chi connectivity index (χ0n) is 9.00. The summed E-state index contributed by atoms with van der Waals surface area (Å²) < 4.78 is 0. The van der Waals surface area contributed by atoms with Crippen molar-refractivity contribution in [2.24, 2.45) is 16.6 Å². The molecular weight excluding hydrogens is 186 g/mol. The molecule has 0 radical (unpaired) electrons. The lowest BCUT2D eigenvalue weighted by molar-refractivity contribution is 0.296. The summed E-state index contributed by atoms with van der Waals surface area (Å²) in [7, 11) is 0. The number of aliphatic imine (C=N–C) groups is 1. The van der Waals surface area contributed by atoms with Crippen molar-refractivity contribution in [2.75, 3.05) is 6.54 Å². The van der Waals surface area contributed by atoms with E-state index in [0.717, 1.165) is 13.1 Å². The molecule has 3 heteroatoms. The maximum Gasteiger partial charge on any atom is 0.103 e. The number of rotatable bonds is 2. The standard InChI is InChI=1S/C12H17N3/c1-10-7-15(9-14-12(10)13)8-11-5-3-2-4-6-11/h2-6,9-10,12H,7-8,13H2,1H3. The van der Waals surface area contributed by atoms with Crippen LogP contribution in [0.25, 0.3) is 0 Å². The second-order valence-corrected chi connectivity index (χ2v) is 4.15. The van der Waals surface area contributed by atoms with E-state index < -0.39 is 0 Å².